The molecule has 0 aliphatic carbocycles. The van der Waals surface area contributed by atoms with Crippen molar-refractivity contribution >= 4 is 7.12 Å². The number of allylic oxidation sites excluding steroid dienone is 4. The predicted molar refractivity (Wildman–Crippen MR) is 67.8 cm³/mol. The maximum Gasteiger partial charge on any atom is 0.498 e. The van der Waals surface area contributed by atoms with Crippen molar-refractivity contribution < 1.29 is 19.5 Å². The summed E-state index contributed by atoms with van der Waals surface area (Å²) in [7, 11) is -0.660. The van der Waals surface area contributed by atoms with Gasteiger partial charge >= 0.3 is 7.12 Å². The smallest absolute Gasteiger partial charge is 0.498 e. The van der Waals surface area contributed by atoms with Crippen LogP contribution in [-0.4, -0.2) is 28.5 Å². The number of hydrogen-bond acceptors (Lipinski definition) is 4. The molecule has 0 saturated carbocycles. The average molecular weight is 240 g/mol. The van der Waals surface area contributed by atoms with Crippen molar-refractivity contribution in [2.24, 2.45) is 0 Å². The Morgan fingerprint density at radius 2 is 1.41 bits per heavy atom. The topological polar surface area (TPSA) is 58.9 Å². The Bertz CT molecular complexity index is 345. The van der Waals surface area contributed by atoms with Crippen LogP contribution in [0.2, 0.25) is 0 Å². The van der Waals surface area contributed by atoms with Gasteiger partial charge in [0.1, 0.15) is 0 Å². The first-order valence-corrected chi connectivity index (χ1v) is 5.69. The molecule has 0 amide bonds. The van der Waals surface area contributed by atoms with Gasteiger partial charge in [-0.25, -0.2) is 0 Å². The Morgan fingerprint density at radius 3 is 1.71 bits per heavy atom. The third kappa shape index (κ3) is 2.84. The molecule has 1 fully saturated rings. The van der Waals surface area contributed by atoms with Gasteiger partial charge in [-0.05, 0) is 47.6 Å². The highest BCUT2D eigenvalue weighted by molar-refractivity contribution is 6.55. The molecule has 1 rings (SSSR count). The van der Waals surface area contributed by atoms with Gasteiger partial charge in [0.2, 0.25) is 0 Å². The van der Waals surface area contributed by atoms with E-state index in [1.807, 2.05) is 27.7 Å². The molecule has 0 radical (unpaired) electrons. The third-order valence-electron chi connectivity index (χ3n) is 3.29. The molecule has 5 heteroatoms. The van der Waals surface area contributed by atoms with Crippen molar-refractivity contribution in [2.45, 2.75) is 52.7 Å². The summed E-state index contributed by atoms with van der Waals surface area (Å²) in [4.78, 5) is 0. The zero-order valence-electron chi connectivity index (χ0n) is 11.4. The van der Waals surface area contributed by atoms with E-state index >= 15 is 0 Å². The van der Waals surface area contributed by atoms with Crippen LogP contribution in [0.25, 0.3) is 0 Å². The minimum atomic E-state index is -0.660. The van der Waals surface area contributed by atoms with E-state index in [0.717, 1.165) is 0 Å². The van der Waals surface area contributed by atoms with Crippen LogP contribution in [0.15, 0.2) is 23.1 Å². The first kappa shape index (κ1) is 14.1. The summed E-state index contributed by atoms with van der Waals surface area (Å²) >= 11 is 0. The molecular formula is C12H21BO4. The van der Waals surface area contributed by atoms with E-state index in [4.69, 9.17) is 9.31 Å². The van der Waals surface area contributed by atoms with Crippen LogP contribution < -0.4 is 0 Å². The summed E-state index contributed by atoms with van der Waals surface area (Å²) in [5.41, 5.74) is -0.478. The SMILES string of the molecule is C/C(O)=C\C(B1OC(C)(C)C(C)(C)O1)=C(/C)O. The van der Waals surface area contributed by atoms with Crippen LogP contribution in [0.5, 0.6) is 0 Å². The number of aliphatic hydroxyl groups excluding tert-OH is 2. The fraction of sp³-hybridized carbons (Fsp3) is 0.667. The van der Waals surface area contributed by atoms with Gasteiger partial charge in [0.15, 0.2) is 0 Å². The minimum Gasteiger partial charge on any atom is -0.513 e. The highest BCUT2D eigenvalue weighted by atomic mass is 16.7. The second-order valence-electron chi connectivity index (χ2n) is 5.41. The third-order valence-corrected chi connectivity index (χ3v) is 3.29. The van der Waals surface area contributed by atoms with Crippen molar-refractivity contribution in [3.63, 3.8) is 0 Å². The molecule has 0 aromatic rings. The lowest BCUT2D eigenvalue weighted by Gasteiger charge is -2.32. The van der Waals surface area contributed by atoms with E-state index in [0.29, 0.717) is 5.47 Å². The van der Waals surface area contributed by atoms with E-state index in [1.54, 1.807) is 6.92 Å². The summed E-state index contributed by atoms with van der Waals surface area (Å²) in [5, 5.41) is 18.9. The standard InChI is InChI=1S/C12H21BO4/c1-8(14)7-10(9(2)15)13-16-11(3,4)12(5,6)17-13/h7,14-15H,1-6H3/b8-7+,10-9-. The normalized spacial score (nSPS) is 24.8. The summed E-state index contributed by atoms with van der Waals surface area (Å²) in [6, 6.07) is 0. The Kier molecular flexibility index (Phi) is 3.65. The second kappa shape index (κ2) is 4.39. The Hall–Kier alpha value is -0.935. The number of hydrogen-bond donors (Lipinski definition) is 2. The van der Waals surface area contributed by atoms with Gasteiger partial charge in [-0.15, -0.1) is 0 Å². The predicted octanol–water partition coefficient (Wildman–Crippen LogP) is 2.91. The van der Waals surface area contributed by atoms with Gasteiger partial charge in [0.25, 0.3) is 0 Å². The van der Waals surface area contributed by atoms with Gasteiger partial charge < -0.3 is 19.5 Å². The van der Waals surface area contributed by atoms with E-state index in [1.165, 1.54) is 13.0 Å². The van der Waals surface area contributed by atoms with Crippen LogP contribution in [0.3, 0.4) is 0 Å². The summed E-state index contributed by atoms with van der Waals surface area (Å²) in [6.45, 7) is 10.8. The maximum atomic E-state index is 9.63. The molecule has 0 aromatic heterocycles. The largest absolute Gasteiger partial charge is 0.513 e. The molecule has 0 atom stereocenters. The summed E-state index contributed by atoms with van der Waals surface area (Å²) in [6.07, 6.45) is 1.46. The van der Waals surface area contributed by atoms with Crippen LogP contribution in [0, 0.1) is 0 Å². The lowest BCUT2D eigenvalue weighted by molar-refractivity contribution is 0.00578. The van der Waals surface area contributed by atoms with E-state index in [9.17, 15) is 10.2 Å². The van der Waals surface area contributed by atoms with Gasteiger partial charge in [0, 0.05) is 5.47 Å². The van der Waals surface area contributed by atoms with E-state index in [-0.39, 0.29) is 11.5 Å². The molecule has 1 saturated heterocycles. The van der Waals surface area contributed by atoms with Gasteiger partial charge in [0.05, 0.1) is 22.7 Å². The highest BCUT2D eigenvalue weighted by Gasteiger charge is 2.52. The van der Waals surface area contributed by atoms with Crippen molar-refractivity contribution in [1.82, 2.24) is 0 Å². The Morgan fingerprint density at radius 1 is 1.00 bits per heavy atom. The molecule has 1 aliphatic heterocycles. The molecule has 17 heavy (non-hydrogen) atoms. The molecule has 1 heterocycles. The zero-order valence-corrected chi connectivity index (χ0v) is 11.4. The lowest BCUT2D eigenvalue weighted by atomic mass is 9.77. The number of rotatable bonds is 2. The van der Waals surface area contributed by atoms with E-state index in [2.05, 4.69) is 0 Å². The minimum absolute atomic E-state index is 0.0805. The summed E-state index contributed by atoms with van der Waals surface area (Å²) in [5.74, 6) is 0.181. The van der Waals surface area contributed by atoms with Gasteiger partial charge in [-0.2, -0.15) is 0 Å². The quantitative estimate of drug-likeness (QED) is 0.442. The first-order chi connectivity index (χ1) is 7.57. The maximum absolute atomic E-state index is 9.63. The monoisotopic (exact) mass is 240 g/mol. The van der Waals surface area contributed by atoms with Crippen LogP contribution in [0.1, 0.15) is 41.5 Å². The first-order valence-electron chi connectivity index (χ1n) is 5.69. The van der Waals surface area contributed by atoms with E-state index < -0.39 is 18.3 Å². The molecule has 0 aromatic carbocycles. The highest BCUT2D eigenvalue weighted by Crippen LogP contribution is 2.39. The summed E-state index contributed by atoms with van der Waals surface area (Å²) < 4.78 is 11.6. The second-order valence-corrected chi connectivity index (χ2v) is 5.41. The molecule has 1 aliphatic rings. The zero-order chi connectivity index (χ0) is 13.4. The van der Waals surface area contributed by atoms with Crippen LogP contribution in [0.4, 0.5) is 0 Å². The Balaban J connectivity index is 3.05. The van der Waals surface area contributed by atoms with Crippen molar-refractivity contribution in [1.29, 1.82) is 0 Å². The van der Waals surface area contributed by atoms with Crippen molar-refractivity contribution in [3.8, 4) is 0 Å². The molecule has 0 bridgehead atoms. The molecule has 0 spiro atoms. The number of aliphatic hydroxyl groups is 2. The van der Waals surface area contributed by atoms with Crippen LogP contribution >= 0.6 is 0 Å². The molecule has 0 unspecified atom stereocenters. The molecule has 4 nitrogen and oxygen atoms in total. The lowest BCUT2D eigenvalue weighted by Crippen LogP contribution is -2.41. The van der Waals surface area contributed by atoms with Gasteiger partial charge in [-0.3, -0.25) is 0 Å². The average Bonchev–Trinajstić information content (AvgIpc) is 2.31. The van der Waals surface area contributed by atoms with Gasteiger partial charge in [-0.1, -0.05) is 0 Å². The van der Waals surface area contributed by atoms with Crippen LogP contribution in [-0.2, 0) is 9.31 Å². The fourth-order valence-corrected chi connectivity index (χ4v) is 1.54. The Labute approximate surface area is 103 Å². The molecular weight excluding hydrogens is 219 g/mol. The molecule has 2 N–H and O–H groups in total. The fourth-order valence-electron chi connectivity index (χ4n) is 1.54. The van der Waals surface area contributed by atoms with Crippen molar-refractivity contribution in [3.05, 3.63) is 23.1 Å². The van der Waals surface area contributed by atoms with Crippen molar-refractivity contribution in [2.75, 3.05) is 0 Å². The molecule has 96 valence electrons.